The Balaban J connectivity index is 1.71. The first-order chi connectivity index (χ1) is 9.69. The molecule has 0 spiro atoms. The number of piperidine rings is 1. The Kier molecular flexibility index (Phi) is 3.66. The molecule has 1 aromatic carbocycles. The van der Waals surface area contributed by atoms with E-state index < -0.39 is 6.04 Å². The van der Waals surface area contributed by atoms with Crippen LogP contribution in [0.1, 0.15) is 44.2 Å². The molecule has 3 rings (SSSR count). The zero-order chi connectivity index (χ0) is 14.1. The lowest BCUT2D eigenvalue weighted by atomic mass is 9.92. The van der Waals surface area contributed by atoms with Gasteiger partial charge < -0.3 is 16.0 Å². The Bertz CT molecular complexity index is 506. The molecule has 108 valence electrons. The first-order valence-electron chi connectivity index (χ1n) is 7.64. The van der Waals surface area contributed by atoms with Crippen LogP contribution in [0.3, 0.4) is 0 Å². The van der Waals surface area contributed by atoms with Crippen LogP contribution < -0.4 is 16.0 Å². The van der Waals surface area contributed by atoms with Crippen molar-refractivity contribution in [3.63, 3.8) is 0 Å². The summed E-state index contributed by atoms with van der Waals surface area (Å²) >= 11 is 0. The molecule has 1 saturated heterocycles. The van der Waals surface area contributed by atoms with Crippen LogP contribution in [0.4, 0.5) is 11.4 Å². The van der Waals surface area contributed by atoms with Crippen molar-refractivity contribution in [1.82, 2.24) is 0 Å². The van der Waals surface area contributed by atoms with Gasteiger partial charge in [0.05, 0.1) is 0 Å². The Hall–Kier alpha value is -1.55. The van der Waals surface area contributed by atoms with E-state index in [1.807, 2.05) is 6.07 Å². The minimum Gasteiger partial charge on any atom is -0.371 e. The van der Waals surface area contributed by atoms with Crippen molar-refractivity contribution in [1.29, 1.82) is 0 Å². The molecule has 1 aromatic rings. The van der Waals surface area contributed by atoms with Crippen molar-refractivity contribution in [3.8, 4) is 0 Å². The van der Waals surface area contributed by atoms with Gasteiger partial charge in [0.1, 0.15) is 6.04 Å². The van der Waals surface area contributed by atoms with Gasteiger partial charge in [0.15, 0.2) is 0 Å². The minimum absolute atomic E-state index is 0.0983. The van der Waals surface area contributed by atoms with E-state index in [0.29, 0.717) is 0 Å². The predicted molar refractivity (Wildman–Crippen MR) is 81.8 cm³/mol. The van der Waals surface area contributed by atoms with Crippen molar-refractivity contribution in [3.05, 3.63) is 23.8 Å². The molecule has 1 unspecified atom stereocenters. The van der Waals surface area contributed by atoms with E-state index in [0.717, 1.165) is 30.3 Å². The number of hydrogen-bond donors (Lipinski definition) is 2. The van der Waals surface area contributed by atoms with Crippen LogP contribution >= 0.6 is 0 Å². The van der Waals surface area contributed by atoms with E-state index in [1.54, 1.807) is 0 Å². The fourth-order valence-corrected chi connectivity index (χ4v) is 3.36. The van der Waals surface area contributed by atoms with Gasteiger partial charge in [-0.05, 0) is 30.9 Å². The van der Waals surface area contributed by atoms with Crippen LogP contribution in [-0.2, 0) is 4.79 Å². The standard InChI is InChI=1S/C16H23N3O/c1-2-3-11-6-8-19(9-7-11)12-4-5-13-14(10-12)18-16(20)15(13)17/h4-5,10-11,15H,2-3,6-9,17H2,1H3,(H,18,20). The van der Waals surface area contributed by atoms with E-state index in [1.165, 1.54) is 31.4 Å². The van der Waals surface area contributed by atoms with E-state index in [9.17, 15) is 4.79 Å². The van der Waals surface area contributed by atoms with Crippen LogP contribution in [0, 0.1) is 5.92 Å². The van der Waals surface area contributed by atoms with Crippen LogP contribution in [0.25, 0.3) is 0 Å². The molecule has 0 saturated carbocycles. The Morgan fingerprint density at radius 2 is 2.10 bits per heavy atom. The van der Waals surface area contributed by atoms with E-state index >= 15 is 0 Å². The maximum atomic E-state index is 11.6. The van der Waals surface area contributed by atoms with Gasteiger partial charge in [-0.15, -0.1) is 0 Å². The molecule has 4 heteroatoms. The van der Waals surface area contributed by atoms with Crippen molar-refractivity contribution in [2.75, 3.05) is 23.3 Å². The van der Waals surface area contributed by atoms with Gasteiger partial charge in [-0.3, -0.25) is 4.79 Å². The highest BCUT2D eigenvalue weighted by molar-refractivity contribution is 6.02. The molecule has 1 atom stereocenters. The molecule has 0 aromatic heterocycles. The molecule has 1 amide bonds. The average molecular weight is 273 g/mol. The van der Waals surface area contributed by atoms with E-state index in [2.05, 4.69) is 29.3 Å². The number of amides is 1. The highest BCUT2D eigenvalue weighted by atomic mass is 16.2. The zero-order valence-corrected chi connectivity index (χ0v) is 12.1. The van der Waals surface area contributed by atoms with E-state index in [4.69, 9.17) is 5.73 Å². The molecule has 0 aliphatic carbocycles. The van der Waals surface area contributed by atoms with Gasteiger partial charge in [0.2, 0.25) is 5.91 Å². The molecule has 1 fully saturated rings. The van der Waals surface area contributed by atoms with Gasteiger partial charge in [-0.25, -0.2) is 0 Å². The minimum atomic E-state index is -0.505. The van der Waals surface area contributed by atoms with E-state index in [-0.39, 0.29) is 5.91 Å². The van der Waals surface area contributed by atoms with Crippen LogP contribution in [0.15, 0.2) is 18.2 Å². The van der Waals surface area contributed by atoms with Crippen LogP contribution in [0.5, 0.6) is 0 Å². The number of nitrogens with zero attached hydrogens (tertiary/aromatic N) is 1. The lowest BCUT2D eigenvalue weighted by molar-refractivity contribution is -0.116. The number of anilines is 2. The SMILES string of the molecule is CCCC1CCN(c2ccc3c(c2)NC(=O)C3N)CC1. The summed E-state index contributed by atoms with van der Waals surface area (Å²) in [5, 5.41) is 2.87. The summed E-state index contributed by atoms with van der Waals surface area (Å²) in [4.78, 5) is 14.0. The summed E-state index contributed by atoms with van der Waals surface area (Å²) in [6.07, 6.45) is 5.18. The molecule has 2 heterocycles. The van der Waals surface area contributed by atoms with Crippen LogP contribution in [-0.4, -0.2) is 19.0 Å². The lowest BCUT2D eigenvalue weighted by Crippen LogP contribution is -2.33. The molecule has 2 aliphatic rings. The Labute approximate surface area is 120 Å². The monoisotopic (exact) mass is 273 g/mol. The van der Waals surface area contributed by atoms with Crippen molar-refractivity contribution < 1.29 is 4.79 Å². The third-order valence-electron chi connectivity index (χ3n) is 4.59. The first-order valence-corrected chi connectivity index (χ1v) is 7.64. The third-order valence-corrected chi connectivity index (χ3v) is 4.59. The number of hydrogen-bond acceptors (Lipinski definition) is 3. The molecular formula is C16H23N3O. The number of carbonyl (C=O) groups excluding carboxylic acids is 1. The molecule has 4 nitrogen and oxygen atoms in total. The maximum absolute atomic E-state index is 11.6. The predicted octanol–water partition coefficient (Wildman–Crippen LogP) is 2.66. The van der Waals surface area contributed by atoms with Gasteiger partial charge in [-0.1, -0.05) is 25.8 Å². The van der Waals surface area contributed by atoms with Gasteiger partial charge in [0, 0.05) is 30.0 Å². The summed E-state index contributed by atoms with van der Waals surface area (Å²) < 4.78 is 0. The molecule has 20 heavy (non-hydrogen) atoms. The van der Waals surface area contributed by atoms with Crippen molar-refractivity contribution in [2.24, 2.45) is 11.7 Å². The number of fused-ring (bicyclic) bond motifs is 1. The number of rotatable bonds is 3. The zero-order valence-electron chi connectivity index (χ0n) is 12.1. The fourth-order valence-electron chi connectivity index (χ4n) is 3.36. The highest BCUT2D eigenvalue weighted by Gasteiger charge is 2.28. The number of benzene rings is 1. The van der Waals surface area contributed by atoms with Crippen molar-refractivity contribution in [2.45, 2.75) is 38.6 Å². The average Bonchev–Trinajstić information content (AvgIpc) is 2.75. The molecule has 0 bridgehead atoms. The second kappa shape index (κ2) is 5.44. The summed E-state index contributed by atoms with van der Waals surface area (Å²) in [5.41, 5.74) is 8.85. The fraction of sp³-hybridized carbons (Fsp3) is 0.562. The normalized spacial score (nSPS) is 22.8. The highest BCUT2D eigenvalue weighted by Crippen LogP contribution is 2.34. The number of nitrogens with two attached hydrogens (primary N) is 1. The number of carbonyl (C=O) groups is 1. The van der Waals surface area contributed by atoms with Gasteiger partial charge in [0.25, 0.3) is 0 Å². The Morgan fingerprint density at radius 3 is 2.80 bits per heavy atom. The second-order valence-electron chi connectivity index (χ2n) is 5.96. The largest absolute Gasteiger partial charge is 0.371 e. The summed E-state index contributed by atoms with van der Waals surface area (Å²) in [6, 6.07) is 5.65. The molecule has 0 radical (unpaired) electrons. The summed E-state index contributed by atoms with van der Waals surface area (Å²) in [6.45, 7) is 4.49. The Morgan fingerprint density at radius 1 is 1.35 bits per heavy atom. The quantitative estimate of drug-likeness (QED) is 0.890. The summed E-state index contributed by atoms with van der Waals surface area (Å²) in [7, 11) is 0. The topological polar surface area (TPSA) is 58.4 Å². The maximum Gasteiger partial charge on any atom is 0.245 e. The van der Waals surface area contributed by atoms with Crippen molar-refractivity contribution >= 4 is 17.3 Å². The van der Waals surface area contributed by atoms with Crippen LogP contribution in [0.2, 0.25) is 0 Å². The molecular weight excluding hydrogens is 250 g/mol. The molecule has 2 aliphatic heterocycles. The van der Waals surface area contributed by atoms with Gasteiger partial charge >= 0.3 is 0 Å². The first kappa shape index (κ1) is 13.4. The molecule has 3 N–H and O–H groups in total. The van der Waals surface area contributed by atoms with Gasteiger partial charge in [-0.2, -0.15) is 0 Å². The smallest absolute Gasteiger partial charge is 0.245 e. The lowest BCUT2D eigenvalue weighted by Gasteiger charge is -2.33. The second-order valence-corrected chi connectivity index (χ2v) is 5.96. The number of nitrogens with one attached hydrogen (secondary N) is 1. The summed E-state index contributed by atoms with van der Waals surface area (Å²) in [5.74, 6) is 0.789. The third kappa shape index (κ3) is 2.40.